The van der Waals surface area contributed by atoms with Crippen LogP contribution in [0.5, 0.6) is 0 Å². The van der Waals surface area contributed by atoms with Crippen LogP contribution in [0.4, 0.5) is 0 Å². The van der Waals surface area contributed by atoms with Gasteiger partial charge in [-0.05, 0) is 0 Å². The number of phosphoric acid groups is 1. The van der Waals surface area contributed by atoms with Gasteiger partial charge in [0, 0.05) is 0 Å². The van der Waals surface area contributed by atoms with Crippen molar-refractivity contribution < 1.29 is 77.7 Å². The van der Waals surface area contributed by atoms with Gasteiger partial charge in [0.05, 0.1) is 0 Å². The Morgan fingerprint density at radius 1 is 0.462 bits per heavy atom. The van der Waals surface area contributed by atoms with E-state index < -0.39 is 7.82 Å². The zero-order valence-corrected chi connectivity index (χ0v) is 24.2. The van der Waals surface area contributed by atoms with Crippen LogP contribution in [0, 0.1) is 18.2 Å². The molecule has 0 spiro atoms. The van der Waals surface area contributed by atoms with Gasteiger partial charge >= 0.3 is 58.4 Å². The molecule has 0 saturated heterocycles. The predicted octanol–water partition coefficient (Wildman–Crippen LogP) is 1.63. The quantitative estimate of drug-likeness (QED) is 0.255. The Kier molecular flexibility index (Phi) is 31.5. The van der Waals surface area contributed by atoms with Crippen molar-refractivity contribution in [3.63, 3.8) is 0 Å². The Bertz CT molecular complexity index is 448. The van der Waals surface area contributed by atoms with Gasteiger partial charge in [0.25, 0.3) is 0 Å². The Hall–Kier alpha value is -0.360. The molecule has 0 N–H and O–H groups in total. The second-order valence-electron chi connectivity index (χ2n) is 3.68. The summed E-state index contributed by atoms with van der Waals surface area (Å²) in [5, 5.41) is 0. The zero-order chi connectivity index (χ0) is 17.2. The monoisotopic (exact) mass is 518 g/mol. The average molecular weight is 522 g/mol. The molecule has 0 atom stereocenters. The van der Waals surface area contributed by atoms with E-state index >= 15 is 0 Å². The van der Waals surface area contributed by atoms with Crippen LogP contribution in [0.25, 0.3) is 0 Å². The first-order valence-corrected chi connectivity index (χ1v) is 7.92. The molecule has 0 aromatic heterocycles. The van der Waals surface area contributed by atoms with Crippen LogP contribution in [0.1, 0.15) is 0 Å². The minimum Gasteiger partial charge on any atom is -0.822 e. The predicted molar refractivity (Wildman–Crippen MR) is 83.4 cm³/mol. The van der Waals surface area contributed by atoms with Crippen LogP contribution in [0.3, 0.4) is 0 Å². The SMILES string of the molecule is O=P([O-])([O-])[O-].[Zn+2].[Zn+2].[Zn+2].[c-]1ccccc1.[c-]1ccccc1.[c-]1ccccc1. The molecule has 4 nitrogen and oxygen atoms in total. The second-order valence-corrected chi connectivity index (χ2v) is 4.57. The van der Waals surface area contributed by atoms with E-state index in [-0.39, 0.29) is 58.4 Å². The molecular formula is C18H15O4PZn3. The van der Waals surface area contributed by atoms with Crippen molar-refractivity contribution in [2.45, 2.75) is 0 Å². The molecule has 0 unspecified atom stereocenters. The first kappa shape index (κ1) is 33.2. The van der Waals surface area contributed by atoms with Gasteiger partial charge in [0.2, 0.25) is 0 Å². The van der Waals surface area contributed by atoms with Crippen LogP contribution in [-0.4, -0.2) is 0 Å². The van der Waals surface area contributed by atoms with Crippen LogP contribution in [0.15, 0.2) is 91.0 Å². The summed E-state index contributed by atoms with van der Waals surface area (Å²) in [4.78, 5) is 25.6. The second kappa shape index (κ2) is 24.6. The minimum atomic E-state index is -5.39. The smallest absolute Gasteiger partial charge is 0.822 e. The van der Waals surface area contributed by atoms with Gasteiger partial charge < -0.3 is 19.2 Å². The third-order valence-corrected chi connectivity index (χ3v) is 1.82. The van der Waals surface area contributed by atoms with E-state index in [1.165, 1.54) is 0 Å². The van der Waals surface area contributed by atoms with E-state index in [9.17, 15) is 0 Å². The minimum absolute atomic E-state index is 0. The van der Waals surface area contributed by atoms with E-state index in [4.69, 9.17) is 19.2 Å². The van der Waals surface area contributed by atoms with Crippen molar-refractivity contribution in [3.05, 3.63) is 109 Å². The summed E-state index contributed by atoms with van der Waals surface area (Å²) in [7, 11) is -5.39. The zero-order valence-electron chi connectivity index (χ0n) is 14.4. The van der Waals surface area contributed by atoms with Crippen molar-refractivity contribution in [1.82, 2.24) is 0 Å². The Morgan fingerprint density at radius 2 is 0.615 bits per heavy atom. The van der Waals surface area contributed by atoms with Gasteiger partial charge in [-0.25, -0.2) is 0 Å². The molecule has 0 aliphatic heterocycles. The molecule has 3 rings (SSSR count). The topological polar surface area (TPSA) is 86.2 Å². The van der Waals surface area contributed by atoms with E-state index in [0.717, 1.165) is 0 Å². The van der Waals surface area contributed by atoms with Gasteiger partial charge in [0.15, 0.2) is 0 Å². The van der Waals surface area contributed by atoms with Crippen molar-refractivity contribution in [3.8, 4) is 0 Å². The molecular weight excluding hydrogens is 507 g/mol. The molecule has 8 heteroatoms. The fraction of sp³-hybridized carbons (Fsp3) is 0. The van der Waals surface area contributed by atoms with Crippen LogP contribution in [0.2, 0.25) is 0 Å². The molecule has 3 aromatic rings. The molecule has 3 aromatic carbocycles. The molecule has 0 aliphatic carbocycles. The number of rotatable bonds is 0. The van der Waals surface area contributed by atoms with Gasteiger partial charge in [-0.15, -0.1) is 0 Å². The van der Waals surface area contributed by atoms with Crippen LogP contribution >= 0.6 is 7.82 Å². The Morgan fingerprint density at radius 3 is 0.654 bits per heavy atom. The van der Waals surface area contributed by atoms with Crippen molar-refractivity contribution in [2.24, 2.45) is 0 Å². The van der Waals surface area contributed by atoms with E-state index in [0.29, 0.717) is 0 Å². The summed E-state index contributed by atoms with van der Waals surface area (Å²) in [6.07, 6.45) is 0. The molecule has 26 heavy (non-hydrogen) atoms. The number of hydrogen-bond acceptors (Lipinski definition) is 4. The van der Waals surface area contributed by atoms with E-state index in [1.54, 1.807) is 0 Å². The molecule has 0 heterocycles. The van der Waals surface area contributed by atoms with Gasteiger partial charge in [-0.1, -0.05) is 0 Å². The summed E-state index contributed by atoms with van der Waals surface area (Å²) in [6, 6.07) is 37.5. The molecule has 0 fully saturated rings. The fourth-order valence-corrected chi connectivity index (χ4v) is 1.03. The third kappa shape index (κ3) is 38.9. The molecule has 0 amide bonds. The number of hydrogen-bond donors (Lipinski definition) is 0. The van der Waals surface area contributed by atoms with E-state index in [2.05, 4.69) is 18.2 Å². The largest absolute Gasteiger partial charge is 2.00 e. The maximum atomic E-state index is 8.55. The normalized spacial score (nSPS) is 7.81. The summed E-state index contributed by atoms with van der Waals surface area (Å²) in [5.41, 5.74) is 0. The fourth-order valence-electron chi connectivity index (χ4n) is 1.03. The van der Waals surface area contributed by atoms with Gasteiger partial charge in [-0.2, -0.15) is 117 Å². The Labute approximate surface area is 193 Å². The van der Waals surface area contributed by atoms with Gasteiger partial charge in [-0.3, -0.25) is 0 Å². The Balaban J connectivity index is -0.000000120. The van der Waals surface area contributed by atoms with Gasteiger partial charge in [0.1, 0.15) is 0 Å². The molecule has 0 saturated carbocycles. The molecule has 0 bridgehead atoms. The van der Waals surface area contributed by atoms with Crippen LogP contribution in [-0.2, 0) is 63.0 Å². The summed E-state index contributed by atoms with van der Waals surface area (Å²) >= 11 is 0. The standard InChI is InChI=1S/3C6H5.H3O4P.3Zn/c3*1-2-4-6-5-3-1;1-5(2,3)4;;;/h3*1-5H;(H3,1,2,3,4);;;/q3*-1;;3*+2/p-3. The number of benzene rings is 3. The van der Waals surface area contributed by atoms with E-state index in [1.807, 2.05) is 91.0 Å². The molecule has 0 radical (unpaired) electrons. The van der Waals surface area contributed by atoms with Crippen molar-refractivity contribution in [2.75, 3.05) is 0 Å². The first-order chi connectivity index (χ1) is 11.0. The summed E-state index contributed by atoms with van der Waals surface area (Å²) in [6.45, 7) is 0. The molecule has 122 valence electrons. The van der Waals surface area contributed by atoms with Crippen molar-refractivity contribution >= 4 is 7.82 Å². The maximum absolute atomic E-state index is 8.55. The molecule has 0 aliphatic rings. The van der Waals surface area contributed by atoms with Crippen LogP contribution < -0.4 is 14.7 Å². The average Bonchev–Trinajstić information content (AvgIpc) is 2.59. The third-order valence-electron chi connectivity index (χ3n) is 1.82. The summed E-state index contributed by atoms with van der Waals surface area (Å²) < 4.78 is 8.55. The maximum Gasteiger partial charge on any atom is 2.00 e. The first-order valence-electron chi connectivity index (χ1n) is 6.46. The summed E-state index contributed by atoms with van der Waals surface area (Å²) in [5.74, 6) is 0. The van der Waals surface area contributed by atoms with Crippen molar-refractivity contribution in [1.29, 1.82) is 0 Å².